The highest BCUT2D eigenvalue weighted by Crippen LogP contribution is 2.29. The molecule has 1 atom stereocenters. The topological polar surface area (TPSA) is 30.5 Å². The second kappa shape index (κ2) is 9.19. The van der Waals surface area contributed by atoms with Gasteiger partial charge in [-0.3, -0.25) is 5.32 Å². The van der Waals surface area contributed by atoms with Gasteiger partial charge in [0, 0.05) is 6.54 Å². The van der Waals surface area contributed by atoms with Gasteiger partial charge in [-0.15, -0.1) is 6.42 Å². The highest BCUT2D eigenvalue weighted by molar-refractivity contribution is 5.43. The molecule has 0 heterocycles. The summed E-state index contributed by atoms with van der Waals surface area (Å²) < 4.78 is 34.4. The third-order valence-electron chi connectivity index (χ3n) is 2.86. The molecule has 21 heavy (non-hydrogen) atoms. The Balaban J connectivity index is 2.75. The number of ether oxygens (including phenoxy) is 2. The normalized spacial score (nSPS) is 12.0. The van der Waals surface area contributed by atoms with Crippen molar-refractivity contribution in [2.45, 2.75) is 45.9 Å². The summed E-state index contributed by atoms with van der Waals surface area (Å²) in [5.41, 5.74) is 0.899. The summed E-state index contributed by atoms with van der Waals surface area (Å²) in [6.07, 6.45) is 7.32. The molecule has 5 heteroatoms. The average molecular weight is 297 g/mol. The molecule has 0 saturated heterocycles. The summed E-state index contributed by atoms with van der Waals surface area (Å²) in [6.45, 7) is 1.90. The Hall–Kier alpha value is -1.80. The van der Waals surface area contributed by atoms with Crippen LogP contribution in [0.25, 0.3) is 0 Å². The van der Waals surface area contributed by atoms with Crippen molar-refractivity contribution in [3.63, 3.8) is 0 Å². The van der Waals surface area contributed by atoms with Crippen LogP contribution in [0.4, 0.5) is 8.78 Å². The minimum Gasteiger partial charge on any atom is -0.490 e. The molecule has 1 aromatic carbocycles. The van der Waals surface area contributed by atoms with E-state index in [0.29, 0.717) is 18.9 Å². The van der Waals surface area contributed by atoms with Gasteiger partial charge in [-0.1, -0.05) is 25.3 Å². The van der Waals surface area contributed by atoms with Crippen LogP contribution in [0.1, 0.15) is 32.3 Å². The predicted molar refractivity (Wildman–Crippen MR) is 78.6 cm³/mol. The van der Waals surface area contributed by atoms with E-state index in [2.05, 4.69) is 22.9 Å². The molecule has 116 valence electrons. The van der Waals surface area contributed by atoms with Gasteiger partial charge >= 0.3 is 6.61 Å². The third kappa shape index (κ3) is 6.01. The minimum atomic E-state index is -2.87. The van der Waals surface area contributed by atoms with Crippen molar-refractivity contribution in [3.05, 3.63) is 23.8 Å². The number of nitrogens with one attached hydrogen (secondary N) is 1. The summed E-state index contributed by atoms with van der Waals surface area (Å²) in [7, 11) is 0. The van der Waals surface area contributed by atoms with Gasteiger partial charge < -0.3 is 9.47 Å². The Morgan fingerprint density at radius 2 is 2.05 bits per heavy atom. The fourth-order valence-corrected chi connectivity index (χ4v) is 1.90. The molecule has 0 bridgehead atoms. The van der Waals surface area contributed by atoms with Gasteiger partial charge in [-0.2, -0.15) is 8.78 Å². The van der Waals surface area contributed by atoms with Crippen LogP contribution in [-0.2, 0) is 6.54 Å². The molecule has 0 radical (unpaired) electrons. The van der Waals surface area contributed by atoms with Gasteiger partial charge in [-0.25, -0.2) is 0 Å². The van der Waals surface area contributed by atoms with Gasteiger partial charge in [0.05, 0.1) is 12.6 Å². The van der Waals surface area contributed by atoms with E-state index in [0.717, 1.165) is 18.4 Å². The molecule has 1 unspecified atom stereocenters. The zero-order chi connectivity index (χ0) is 15.7. The van der Waals surface area contributed by atoms with Gasteiger partial charge in [0.25, 0.3) is 0 Å². The van der Waals surface area contributed by atoms with Crippen molar-refractivity contribution >= 4 is 0 Å². The molecule has 0 aromatic heterocycles. The molecule has 0 spiro atoms. The summed E-state index contributed by atoms with van der Waals surface area (Å²) >= 11 is 0. The highest BCUT2D eigenvalue weighted by Gasteiger charge is 2.12. The van der Waals surface area contributed by atoms with Crippen LogP contribution in [0, 0.1) is 12.3 Å². The number of rotatable bonds is 9. The standard InChI is InChI=1S/C16H21F2NO2/c1-4-7-13(5-2)19-11-12-8-9-14(21-16(17)18)15(10-12)20-6-3/h2,8-10,13,16,19H,4,6-7,11H2,1,3H3. The van der Waals surface area contributed by atoms with Crippen LogP contribution < -0.4 is 14.8 Å². The molecular weight excluding hydrogens is 276 g/mol. The first kappa shape index (κ1) is 17.3. The highest BCUT2D eigenvalue weighted by atomic mass is 19.3. The molecule has 3 nitrogen and oxygen atoms in total. The van der Waals surface area contributed by atoms with Crippen LogP contribution in [-0.4, -0.2) is 19.3 Å². The summed E-state index contributed by atoms with van der Waals surface area (Å²) in [6, 6.07) is 4.89. The Bertz CT molecular complexity index is 472. The maximum atomic E-state index is 12.3. The number of terminal acetylenes is 1. The fourth-order valence-electron chi connectivity index (χ4n) is 1.90. The van der Waals surface area contributed by atoms with Crippen LogP contribution >= 0.6 is 0 Å². The van der Waals surface area contributed by atoms with Crippen molar-refractivity contribution < 1.29 is 18.3 Å². The smallest absolute Gasteiger partial charge is 0.387 e. The van der Waals surface area contributed by atoms with Crippen LogP contribution in [0.5, 0.6) is 11.5 Å². The van der Waals surface area contributed by atoms with Gasteiger partial charge in [0.2, 0.25) is 0 Å². The second-order valence-corrected chi connectivity index (χ2v) is 4.48. The lowest BCUT2D eigenvalue weighted by Crippen LogP contribution is -2.26. The Labute approximate surface area is 124 Å². The SMILES string of the molecule is C#CC(CCC)NCc1ccc(OC(F)F)c(OCC)c1. The Morgan fingerprint density at radius 3 is 2.62 bits per heavy atom. The van der Waals surface area contributed by atoms with Crippen molar-refractivity contribution in [2.75, 3.05) is 6.61 Å². The van der Waals surface area contributed by atoms with E-state index in [-0.39, 0.29) is 11.8 Å². The van der Waals surface area contributed by atoms with E-state index in [1.54, 1.807) is 19.1 Å². The lowest BCUT2D eigenvalue weighted by atomic mass is 10.1. The number of hydrogen-bond acceptors (Lipinski definition) is 3. The zero-order valence-electron chi connectivity index (χ0n) is 12.4. The summed E-state index contributed by atoms with van der Waals surface area (Å²) in [5.74, 6) is 3.03. The van der Waals surface area contributed by atoms with Crippen LogP contribution in [0.3, 0.4) is 0 Å². The van der Waals surface area contributed by atoms with Crippen molar-refractivity contribution in [2.24, 2.45) is 0 Å². The first-order chi connectivity index (χ1) is 10.1. The maximum Gasteiger partial charge on any atom is 0.387 e. The van der Waals surface area contributed by atoms with Crippen molar-refractivity contribution in [1.82, 2.24) is 5.32 Å². The molecule has 0 fully saturated rings. The fraction of sp³-hybridized carbons (Fsp3) is 0.500. The van der Waals surface area contributed by atoms with Crippen molar-refractivity contribution in [1.29, 1.82) is 0 Å². The molecule has 1 aromatic rings. The predicted octanol–water partition coefficient (Wildman–Crippen LogP) is 3.58. The Morgan fingerprint density at radius 1 is 1.29 bits per heavy atom. The minimum absolute atomic E-state index is 0.00235. The lowest BCUT2D eigenvalue weighted by molar-refractivity contribution is -0.0514. The Kier molecular flexibility index (Phi) is 7.55. The molecule has 1 N–H and O–H groups in total. The molecule has 0 saturated carbocycles. The molecule has 0 aliphatic carbocycles. The van der Waals surface area contributed by atoms with Gasteiger partial charge in [0.1, 0.15) is 0 Å². The number of hydrogen-bond donors (Lipinski definition) is 1. The van der Waals surface area contributed by atoms with Gasteiger partial charge in [-0.05, 0) is 31.0 Å². The largest absolute Gasteiger partial charge is 0.490 e. The van der Waals surface area contributed by atoms with E-state index in [1.807, 2.05) is 0 Å². The van der Waals surface area contributed by atoms with Crippen molar-refractivity contribution in [3.8, 4) is 23.8 Å². The lowest BCUT2D eigenvalue weighted by Gasteiger charge is -2.15. The molecular formula is C16H21F2NO2. The zero-order valence-corrected chi connectivity index (χ0v) is 12.4. The monoisotopic (exact) mass is 297 g/mol. The van der Waals surface area contributed by atoms with E-state index < -0.39 is 6.61 Å². The van der Waals surface area contributed by atoms with E-state index in [9.17, 15) is 8.78 Å². The second-order valence-electron chi connectivity index (χ2n) is 4.48. The summed E-state index contributed by atoms with van der Waals surface area (Å²) in [4.78, 5) is 0. The van der Waals surface area contributed by atoms with Gasteiger partial charge in [0.15, 0.2) is 11.5 Å². The first-order valence-electron chi connectivity index (χ1n) is 7.00. The van der Waals surface area contributed by atoms with Crippen LogP contribution in [0.15, 0.2) is 18.2 Å². The molecule has 1 rings (SSSR count). The quantitative estimate of drug-likeness (QED) is 0.707. The maximum absolute atomic E-state index is 12.3. The molecule has 0 aliphatic heterocycles. The van der Waals surface area contributed by atoms with Crippen LogP contribution in [0.2, 0.25) is 0 Å². The molecule has 0 aliphatic rings. The van der Waals surface area contributed by atoms with E-state index >= 15 is 0 Å². The van der Waals surface area contributed by atoms with E-state index in [1.165, 1.54) is 6.07 Å². The van der Waals surface area contributed by atoms with E-state index in [4.69, 9.17) is 11.2 Å². The average Bonchev–Trinajstić information content (AvgIpc) is 2.45. The number of alkyl halides is 2. The summed E-state index contributed by atoms with van der Waals surface area (Å²) in [5, 5.41) is 3.24. The third-order valence-corrected chi connectivity index (χ3v) is 2.86. The first-order valence-corrected chi connectivity index (χ1v) is 7.00. The number of benzene rings is 1. The molecule has 0 amide bonds. The number of halogens is 2.